The lowest BCUT2D eigenvalue weighted by Gasteiger charge is -2.28. The fourth-order valence-electron chi connectivity index (χ4n) is 4.43. The number of hydrogen-bond acceptors (Lipinski definition) is 10. The number of nitrogens with one attached hydrogen (secondary N) is 2. The van der Waals surface area contributed by atoms with Gasteiger partial charge in [0, 0.05) is 25.2 Å². The number of carbonyl (C=O) groups is 2. The highest BCUT2D eigenvalue weighted by Gasteiger charge is 2.48. The maximum atomic E-state index is 12.5. The molecule has 35 heavy (non-hydrogen) atoms. The largest absolute Gasteiger partial charge is 0.388 e. The number of sulfonamides is 1. The van der Waals surface area contributed by atoms with Crippen molar-refractivity contribution in [2.24, 2.45) is 0 Å². The maximum Gasteiger partial charge on any atom is 0.222 e. The van der Waals surface area contributed by atoms with Gasteiger partial charge in [0.05, 0.1) is 31.3 Å². The molecule has 4 rings (SSSR count). The monoisotopic (exact) mass is 521 g/mol. The van der Waals surface area contributed by atoms with Crippen molar-refractivity contribution in [2.75, 3.05) is 19.3 Å². The molecule has 4 fully saturated rings. The molecule has 6 N–H and O–H groups in total. The van der Waals surface area contributed by atoms with Crippen molar-refractivity contribution in [3.63, 3.8) is 0 Å². The summed E-state index contributed by atoms with van der Waals surface area (Å²) in [7, 11) is -3.89. The van der Waals surface area contributed by atoms with E-state index in [1.54, 1.807) is 0 Å². The number of carbonyl (C=O) groups excluding carboxylic acids is 2. The second-order valence-corrected chi connectivity index (χ2v) is 12.0. The molecule has 0 bridgehead atoms. The summed E-state index contributed by atoms with van der Waals surface area (Å²) in [5, 5.41) is 47.1. The molecule has 2 amide bonds. The average molecular weight is 522 g/mol. The first-order valence-corrected chi connectivity index (χ1v) is 13.8. The highest BCUT2D eigenvalue weighted by atomic mass is 32.2. The van der Waals surface area contributed by atoms with Crippen LogP contribution in [0.25, 0.3) is 0 Å². The summed E-state index contributed by atoms with van der Waals surface area (Å²) < 4.78 is 37.1. The fraction of sp³-hybridized carbons (Fsp3) is 0.905. The Morgan fingerprint density at radius 3 is 1.40 bits per heavy atom. The van der Waals surface area contributed by atoms with E-state index in [9.17, 15) is 38.4 Å². The third-order valence-electron chi connectivity index (χ3n) is 6.82. The van der Waals surface area contributed by atoms with Gasteiger partial charge in [-0.2, -0.15) is 4.31 Å². The van der Waals surface area contributed by atoms with E-state index in [-0.39, 0.29) is 49.8 Å². The van der Waals surface area contributed by atoms with E-state index in [2.05, 4.69) is 10.6 Å². The zero-order valence-electron chi connectivity index (χ0n) is 19.5. The van der Waals surface area contributed by atoms with Crippen LogP contribution >= 0.6 is 0 Å². The molecular weight excluding hydrogens is 486 g/mol. The van der Waals surface area contributed by atoms with Crippen LogP contribution in [0, 0.1) is 0 Å². The molecule has 0 aromatic heterocycles. The number of hydrogen-bond donors (Lipinski definition) is 6. The number of aliphatic hydroxyl groups is 4. The van der Waals surface area contributed by atoms with Crippen molar-refractivity contribution in [3.05, 3.63) is 0 Å². The molecule has 4 aliphatic rings. The van der Waals surface area contributed by atoms with Gasteiger partial charge < -0.3 is 40.5 Å². The number of rotatable bonds is 11. The second-order valence-electron chi connectivity index (χ2n) is 10.1. The first kappa shape index (κ1) is 26.7. The van der Waals surface area contributed by atoms with Crippen LogP contribution in [0.2, 0.25) is 0 Å². The van der Waals surface area contributed by atoms with Crippen LogP contribution in [-0.4, -0.2) is 125 Å². The third kappa shape index (κ3) is 6.89. The topological polar surface area (TPSA) is 195 Å². The maximum absolute atomic E-state index is 12.5. The van der Waals surface area contributed by atoms with E-state index >= 15 is 0 Å². The van der Waals surface area contributed by atoms with Crippen molar-refractivity contribution in [3.8, 4) is 0 Å². The molecule has 14 heteroatoms. The summed E-state index contributed by atoms with van der Waals surface area (Å²) in [4.78, 5) is 24.1. The number of aliphatic hydroxyl groups excluding tert-OH is 4. The Hall–Kier alpha value is -1.39. The molecule has 2 aliphatic carbocycles. The number of ether oxygens (including phenoxy) is 2. The highest BCUT2D eigenvalue weighted by molar-refractivity contribution is 7.88. The molecule has 2 saturated heterocycles. The van der Waals surface area contributed by atoms with E-state index in [4.69, 9.17) is 9.47 Å². The molecular formula is C21H35N3O10S. The Morgan fingerprint density at radius 2 is 1.09 bits per heavy atom. The molecule has 2 saturated carbocycles. The van der Waals surface area contributed by atoms with Gasteiger partial charge in [0.1, 0.15) is 36.6 Å². The minimum Gasteiger partial charge on any atom is -0.388 e. The lowest BCUT2D eigenvalue weighted by atomic mass is 10.0. The smallest absolute Gasteiger partial charge is 0.222 e. The minimum atomic E-state index is -3.89. The van der Waals surface area contributed by atoms with Gasteiger partial charge >= 0.3 is 0 Å². The van der Waals surface area contributed by atoms with Crippen LogP contribution in [0.3, 0.4) is 0 Å². The van der Waals surface area contributed by atoms with Gasteiger partial charge in [-0.1, -0.05) is 0 Å². The zero-order chi connectivity index (χ0) is 25.5. The van der Waals surface area contributed by atoms with Crippen molar-refractivity contribution in [1.29, 1.82) is 0 Å². The molecule has 0 spiro atoms. The summed E-state index contributed by atoms with van der Waals surface area (Å²) in [5.74, 6) is -0.643. The van der Waals surface area contributed by atoms with E-state index < -0.39 is 58.9 Å². The Labute approximate surface area is 203 Å². The summed E-state index contributed by atoms with van der Waals surface area (Å²) in [6.45, 7) is -0.735. The second kappa shape index (κ2) is 10.5. The summed E-state index contributed by atoms with van der Waals surface area (Å²) in [5.41, 5.74) is 0. The van der Waals surface area contributed by atoms with Crippen molar-refractivity contribution in [1.82, 2.24) is 14.9 Å². The summed E-state index contributed by atoms with van der Waals surface area (Å²) >= 11 is 0. The fourth-order valence-corrected chi connectivity index (χ4v) is 5.27. The molecule has 0 aromatic rings. The normalized spacial score (nSPS) is 37.5. The first-order chi connectivity index (χ1) is 16.4. The van der Waals surface area contributed by atoms with Crippen LogP contribution in [0.1, 0.15) is 38.5 Å². The van der Waals surface area contributed by atoms with Crippen LogP contribution in [0.4, 0.5) is 0 Å². The SMILES string of the molecule is CS(=O)(=O)N(CC1OC(CC(=O)NC2CC2)C(O)C1O)CC1OC(CC(=O)NC2CC2)C(O)C1O. The third-order valence-corrected chi connectivity index (χ3v) is 8.05. The lowest BCUT2D eigenvalue weighted by Crippen LogP contribution is -2.47. The Morgan fingerprint density at radius 1 is 0.743 bits per heavy atom. The van der Waals surface area contributed by atoms with Gasteiger partial charge in [0.2, 0.25) is 21.8 Å². The molecule has 0 radical (unpaired) electrons. The van der Waals surface area contributed by atoms with Gasteiger partial charge in [-0.25, -0.2) is 8.42 Å². The average Bonchev–Trinajstić information content (AvgIpc) is 3.69. The van der Waals surface area contributed by atoms with Gasteiger partial charge in [-0.05, 0) is 25.7 Å². The van der Waals surface area contributed by atoms with Gasteiger partial charge in [-0.15, -0.1) is 0 Å². The summed E-state index contributed by atoms with van der Waals surface area (Å²) in [6, 6.07) is 0.249. The minimum absolute atomic E-state index is 0.124. The Balaban J connectivity index is 1.34. The standard InChI is InChI=1S/C21H35N3O10S/c1-35(31,32)24(8-14-20(29)18(27)12(33-14)6-16(25)22-10-2-3-10)9-15-21(30)19(28)13(34-15)7-17(26)23-11-4-5-11/h10-15,18-21,27-30H,2-9H2,1H3,(H,22,25)(H,23,26). The lowest BCUT2D eigenvalue weighted by molar-refractivity contribution is -0.125. The van der Waals surface area contributed by atoms with Gasteiger partial charge in [0.15, 0.2) is 0 Å². The van der Waals surface area contributed by atoms with Crippen LogP contribution in [0.5, 0.6) is 0 Å². The molecule has 8 atom stereocenters. The van der Waals surface area contributed by atoms with E-state index in [0.29, 0.717) is 0 Å². The van der Waals surface area contributed by atoms with Crippen molar-refractivity contribution in [2.45, 2.75) is 99.4 Å². The van der Waals surface area contributed by atoms with Crippen LogP contribution < -0.4 is 10.6 Å². The van der Waals surface area contributed by atoms with Crippen LogP contribution in [-0.2, 0) is 29.1 Å². The van der Waals surface area contributed by atoms with Crippen molar-refractivity contribution >= 4 is 21.8 Å². The molecule has 200 valence electrons. The Bertz CT molecular complexity index is 840. The highest BCUT2D eigenvalue weighted by Crippen LogP contribution is 2.29. The predicted molar refractivity (Wildman–Crippen MR) is 119 cm³/mol. The first-order valence-electron chi connectivity index (χ1n) is 12.0. The quantitative estimate of drug-likeness (QED) is 0.159. The predicted octanol–water partition coefficient (Wildman–Crippen LogP) is -3.44. The van der Waals surface area contributed by atoms with E-state index in [1.807, 2.05) is 0 Å². The number of amides is 2. The number of nitrogens with zero attached hydrogens (tertiary/aromatic N) is 1. The molecule has 0 aromatic carbocycles. The Kier molecular flexibility index (Phi) is 8.03. The van der Waals surface area contributed by atoms with Crippen molar-refractivity contribution < 1.29 is 47.9 Å². The van der Waals surface area contributed by atoms with Crippen LogP contribution in [0.15, 0.2) is 0 Å². The van der Waals surface area contributed by atoms with E-state index in [0.717, 1.165) is 36.2 Å². The summed E-state index contributed by atoms with van der Waals surface area (Å²) in [6.07, 6.45) is -5.72. The molecule has 2 heterocycles. The van der Waals surface area contributed by atoms with E-state index in [1.165, 1.54) is 0 Å². The molecule has 8 unspecified atom stereocenters. The molecule has 2 aliphatic heterocycles. The zero-order valence-corrected chi connectivity index (χ0v) is 20.3. The van der Waals surface area contributed by atoms with Gasteiger partial charge in [-0.3, -0.25) is 9.59 Å². The van der Waals surface area contributed by atoms with Gasteiger partial charge in [0.25, 0.3) is 0 Å². The molecule has 13 nitrogen and oxygen atoms in total.